The SMILES string of the molecule is CCCCCN(CC)C(=O)n1cnc(S(=O)(=O)CCOC)n1. The molecule has 1 heterocycles. The van der Waals surface area contributed by atoms with Crippen molar-refractivity contribution >= 4 is 15.9 Å². The topological polar surface area (TPSA) is 94.4 Å². The molecule has 0 N–H and O–H groups in total. The number of methoxy groups -OCH3 is 1. The third-order valence-corrected chi connectivity index (χ3v) is 4.63. The van der Waals surface area contributed by atoms with Crippen LogP contribution < -0.4 is 0 Å². The second kappa shape index (κ2) is 8.84. The number of nitrogens with zero attached hydrogens (tertiary/aromatic N) is 4. The summed E-state index contributed by atoms with van der Waals surface area (Å²) >= 11 is 0. The van der Waals surface area contributed by atoms with Gasteiger partial charge in [0.25, 0.3) is 5.16 Å². The molecule has 1 aromatic rings. The molecule has 126 valence electrons. The van der Waals surface area contributed by atoms with Crippen LogP contribution in [0.25, 0.3) is 0 Å². The van der Waals surface area contributed by atoms with E-state index < -0.39 is 9.84 Å². The largest absolute Gasteiger partial charge is 0.384 e. The van der Waals surface area contributed by atoms with Gasteiger partial charge in [0.2, 0.25) is 9.84 Å². The van der Waals surface area contributed by atoms with Crippen molar-refractivity contribution in [3.8, 4) is 0 Å². The Balaban J connectivity index is 2.79. The summed E-state index contributed by atoms with van der Waals surface area (Å²) in [6, 6.07) is -0.362. The van der Waals surface area contributed by atoms with Gasteiger partial charge in [-0.3, -0.25) is 0 Å². The highest BCUT2D eigenvalue weighted by Gasteiger charge is 2.22. The van der Waals surface area contributed by atoms with Gasteiger partial charge in [0.1, 0.15) is 6.33 Å². The van der Waals surface area contributed by atoms with Gasteiger partial charge in [-0.1, -0.05) is 19.8 Å². The van der Waals surface area contributed by atoms with E-state index in [0.717, 1.165) is 30.3 Å². The van der Waals surface area contributed by atoms with E-state index in [2.05, 4.69) is 17.0 Å². The van der Waals surface area contributed by atoms with Gasteiger partial charge in [-0.2, -0.15) is 4.68 Å². The van der Waals surface area contributed by atoms with Gasteiger partial charge >= 0.3 is 6.03 Å². The van der Waals surface area contributed by atoms with Gasteiger partial charge in [0.15, 0.2) is 0 Å². The maximum Gasteiger partial charge on any atom is 0.346 e. The average Bonchev–Trinajstić information content (AvgIpc) is 3.00. The first-order valence-corrected chi connectivity index (χ1v) is 9.04. The van der Waals surface area contributed by atoms with Crippen molar-refractivity contribution in [1.29, 1.82) is 0 Å². The lowest BCUT2D eigenvalue weighted by atomic mass is 10.2. The van der Waals surface area contributed by atoms with Crippen molar-refractivity contribution in [2.45, 2.75) is 38.3 Å². The Bertz CT molecular complexity index is 570. The van der Waals surface area contributed by atoms with Gasteiger partial charge in [0, 0.05) is 20.2 Å². The summed E-state index contributed by atoms with van der Waals surface area (Å²) < 4.78 is 29.6. The van der Waals surface area contributed by atoms with Crippen LogP contribution in [0.4, 0.5) is 4.79 Å². The van der Waals surface area contributed by atoms with Gasteiger partial charge in [-0.25, -0.2) is 18.2 Å². The number of ether oxygens (including phenoxy) is 1. The van der Waals surface area contributed by atoms with E-state index in [1.54, 1.807) is 4.90 Å². The standard InChI is InChI=1S/C13H24N4O4S/c1-4-6-7-8-16(5-2)13(18)17-11-14-12(15-17)22(19,20)10-9-21-3/h11H,4-10H2,1-3H3. The number of amides is 1. The number of sulfone groups is 1. The van der Waals surface area contributed by atoms with Crippen LogP contribution in [0.3, 0.4) is 0 Å². The zero-order chi connectivity index (χ0) is 16.6. The number of rotatable bonds is 9. The van der Waals surface area contributed by atoms with E-state index in [9.17, 15) is 13.2 Å². The lowest BCUT2D eigenvalue weighted by Crippen LogP contribution is -2.35. The van der Waals surface area contributed by atoms with Crippen LogP contribution >= 0.6 is 0 Å². The smallest absolute Gasteiger partial charge is 0.346 e. The third kappa shape index (κ3) is 5.06. The molecule has 1 rings (SSSR count). The molecule has 0 atom stereocenters. The highest BCUT2D eigenvalue weighted by atomic mass is 32.2. The number of carbonyl (C=O) groups excluding carboxylic acids is 1. The molecule has 0 aromatic carbocycles. The Kier molecular flexibility index (Phi) is 7.46. The molecule has 1 aromatic heterocycles. The Morgan fingerprint density at radius 1 is 1.36 bits per heavy atom. The second-order valence-corrected chi connectivity index (χ2v) is 6.86. The van der Waals surface area contributed by atoms with E-state index in [1.807, 2.05) is 6.92 Å². The fourth-order valence-corrected chi connectivity index (χ4v) is 2.84. The summed E-state index contributed by atoms with van der Waals surface area (Å²) in [4.78, 5) is 17.6. The summed E-state index contributed by atoms with van der Waals surface area (Å²) in [6.07, 6.45) is 4.16. The Morgan fingerprint density at radius 3 is 2.68 bits per heavy atom. The molecule has 0 fully saturated rings. The molecule has 0 saturated heterocycles. The van der Waals surface area contributed by atoms with Crippen molar-refractivity contribution in [3.05, 3.63) is 6.33 Å². The Hall–Kier alpha value is -1.48. The zero-order valence-corrected chi connectivity index (χ0v) is 14.2. The van der Waals surface area contributed by atoms with Crippen LogP contribution in [0.5, 0.6) is 0 Å². The Labute approximate surface area is 131 Å². The highest BCUT2D eigenvalue weighted by molar-refractivity contribution is 7.91. The predicted molar refractivity (Wildman–Crippen MR) is 81.5 cm³/mol. The number of hydrogen-bond acceptors (Lipinski definition) is 6. The van der Waals surface area contributed by atoms with Crippen molar-refractivity contribution < 1.29 is 17.9 Å². The normalized spacial score (nSPS) is 11.6. The third-order valence-electron chi connectivity index (χ3n) is 3.18. The molecule has 22 heavy (non-hydrogen) atoms. The van der Waals surface area contributed by atoms with Crippen molar-refractivity contribution in [2.24, 2.45) is 0 Å². The van der Waals surface area contributed by atoms with E-state index >= 15 is 0 Å². The molecular weight excluding hydrogens is 308 g/mol. The summed E-state index contributed by atoms with van der Waals surface area (Å²) in [7, 11) is -2.21. The number of unbranched alkanes of at least 4 members (excludes halogenated alkanes) is 2. The maximum atomic E-state index is 12.3. The first kappa shape index (κ1) is 18.6. The van der Waals surface area contributed by atoms with E-state index in [1.165, 1.54) is 7.11 Å². The molecule has 0 aliphatic rings. The van der Waals surface area contributed by atoms with E-state index in [4.69, 9.17) is 4.74 Å². The van der Waals surface area contributed by atoms with Crippen LogP contribution in [-0.2, 0) is 14.6 Å². The number of carbonyl (C=O) groups is 1. The van der Waals surface area contributed by atoms with E-state index in [0.29, 0.717) is 13.1 Å². The lowest BCUT2D eigenvalue weighted by molar-refractivity contribution is 0.197. The van der Waals surface area contributed by atoms with Gasteiger partial charge in [-0.05, 0) is 13.3 Å². The van der Waals surface area contributed by atoms with Crippen LogP contribution in [0.15, 0.2) is 11.5 Å². The van der Waals surface area contributed by atoms with Crippen molar-refractivity contribution in [1.82, 2.24) is 19.7 Å². The van der Waals surface area contributed by atoms with Crippen molar-refractivity contribution in [2.75, 3.05) is 32.6 Å². The minimum absolute atomic E-state index is 0.0585. The summed E-state index contributed by atoms with van der Waals surface area (Å²) in [6.45, 7) is 5.18. The van der Waals surface area contributed by atoms with Crippen LogP contribution in [0.1, 0.15) is 33.1 Å². The predicted octanol–water partition coefficient (Wildman–Crippen LogP) is 1.18. The molecule has 0 bridgehead atoms. The number of aromatic nitrogens is 3. The molecule has 0 spiro atoms. The minimum atomic E-state index is -3.63. The highest BCUT2D eigenvalue weighted by Crippen LogP contribution is 2.06. The Morgan fingerprint density at radius 2 is 2.09 bits per heavy atom. The molecule has 0 unspecified atom stereocenters. The van der Waals surface area contributed by atoms with Crippen LogP contribution in [0.2, 0.25) is 0 Å². The molecule has 0 radical (unpaired) electrons. The quantitative estimate of drug-likeness (QED) is 0.630. The average molecular weight is 332 g/mol. The van der Waals surface area contributed by atoms with Gasteiger partial charge in [-0.15, -0.1) is 5.10 Å². The minimum Gasteiger partial charge on any atom is -0.384 e. The summed E-state index contributed by atoms with van der Waals surface area (Å²) in [5, 5.41) is 3.46. The lowest BCUT2D eigenvalue weighted by Gasteiger charge is -2.19. The first-order chi connectivity index (χ1) is 10.5. The molecular formula is C13H24N4O4S. The maximum absolute atomic E-state index is 12.3. The monoisotopic (exact) mass is 332 g/mol. The molecule has 9 heteroatoms. The zero-order valence-electron chi connectivity index (χ0n) is 13.4. The molecule has 8 nitrogen and oxygen atoms in total. The first-order valence-electron chi connectivity index (χ1n) is 7.38. The molecule has 0 saturated carbocycles. The second-order valence-electron chi connectivity index (χ2n) is 4.85. The van der Waals surface area contributed by atoms with E-state index in [-0.39, 0.29) is 23.5 Å². The van der Waals surface area contributed by atoms with Crippen LogP contribution in [0, 0.1) is 0 Å². The van der Waals surface area contributed by atoms with Gasteiger partial charge in [0.05, 0.1) is 12.4 Å². The fraction of sp³-hybridized carbons (Fsp3) is 0.769. The molecule has 1 amide bonds. The summed E-state index contributed by atoms with van der Waals surface area (Å²) in [5.74, 6) is -0.213. The molecule has 0 aliphatic heterocycles. The number of hydrogen-bond donors (Lipinski definition) is 0. The van der Waals surface area contributed by atoms with Crippen LogP contribution in [-0.4, -0.2) is 66.7 Å². The fourth-order valence-electron chi connectivity index (χ4n) is 1.85. The molecule has 0 aliphatic carbocycles. The van der Waals surface area contributed by atoms with Crippen molar-refractivity contribution in [3.63, 3.8) is 0 Å². The van der Waals surface area contributed by atoms with Gasteiger partial charge < -0.3 is 9.64 Å². The summed E-state index contributed by atoms with van der Waals surface area (Å²) in [5.41, 5.74) is 0.